The van der Waals surface area contributed by atoms with E-state index in [2.05, 4.69) is 5.32 Å². The van der Waals surface area contributed by atoms with Gasteiger partial charge in [0.2, 0.25) is 21.8 Å². The number of rotatable bonds is 9. The number of benzene rings is 2. The van der Waals surface area contributed by atoms with Crippen molar-refractivity contribution >= 4 is 39.1 Å². The number of anilines is 1. The van der Waals surface area contributed by atoms with Crippen LogP contribution in [0.15, 0.2) is 42.5 Å². The molecule has 1 N–H and O–H groups in total. The number of halogens is 1. The van der Waals surface area contributed by atoms with Crippen LogP contribution < -0.4 is 9.62 Å². The van der Waals surface area contributed by atoms with Crippen LogP contribution in [0.25, 0.3) is 0 Å². The Hall–Kier alpha value is -2.58. The molecular weight excluding hydrogens is 486 g/mol. The van der Waals surface area contributed by atoms with Crippen molar-refractivity contribution in [3.8, 4) is 0 Å². The van der Waals surface area contributed by atoms with Crippen molar-refractivity contribution in [1.29, 1.82) is 0 Å². The second kappa shape index (κ2) is 11.4. The molecule has 192 valence electrons. The lowest BCUT2D eigenvalue weighted by Gasteiger charge is -2.35. The van der Waals surface area contributed by atoms with Gasteiger partial charge in [0.15, 0.2) is 0 Å². The first kappa shape index (κ1) is 28.7. The van der Waals surface area contributed by atoms with Crippen molar-refractivity contribution in [2.75, 3.05) is 17.1 Å². The highest BCUT2D eigenvalue weighted by Gasteiger charge is 2.33. The third kappa shape index (κ3) is 7.70. The lowest BCUT2D eigenvalue weighted by Crippen LogP contribution is -2.55. The number of nitrogens with zero attached hydrogens (tertiary/aromatic N) is 2. The number of aryl methyl sites for hydroxylation is 1. The summed E-state index contributed by atoms with van der Waals surface area (Å²) in [5, 5.41) is 3.40. The Balaban J connectivity index is 2.52. The van der Waals surface area contributed by atoms with E-state index in [-0.39, 0.29) is 12.5 Å². The monoisotopic (exact) mass is 521 g/mol. The molecule has 2 rings (SSSR count). The zero-order valence-electron chi connectivity index (χ0n) is 21.6. The van der Waals surface area contributed by atoms with E-state index in [1.807, 2.05) is 47.6 Å². The van der Waals surface area contributed by atoms with Gasteiger partial charge in [0, 0.05) is 17.1 Å². The lowest BCUT2D eigenvalue weighted by atomic mass is 10.1. The number of hydrogen-bond acceptors (Lipinski definition) is 4. The van der Waals surface area contributed by atoms with Crippen LogP contribution in [0.3, 0.4) is 0 Å². The van der Waals surface area contributed by atoms with Crippen LogP contribution in [-0.4, -0.2) is 49.5 Å². The molecule has 7 nitrogen and oxygen atoms in total. The van der Waals surface area contributed by atoms with Gasteiger partial charge in [-0.2, -0.15) is 0 Å². The molecule has 0 saturated carbocycles. The van der Waals surface area contributed by atoms with Crippen molar-refractivity contribution in [2.45, 2.75) is 66.1 Å². The average molecular weight is 522 g/mol. The Morgan fingerprint density at radius 3 is 2.23 bits per heavy atom. The van der Waals surface area contributed by atoms with E-state index in [1.54, 1.807) is 36.4 Å². The van der Waals surface area contributed by atoms with E-state index < -0.39 is 34.1 Å². The predicted molar refractivity (Wildman–Crippen MR) is 142 cm³/mol. The molecule has 0 radical (unpaired) electrons. The fourth-order valence-electron chi connectivity index (χ4n) is 3.78. The molecular formula is C26H36ClN3O4S. The van der Waals surface area contributed by atoms with Gasteiger partial charge in [-0.1, -0.05) is 48.9 Å². The molecule has 2 aromatic rings. The molecule has 0 aliphatic heterocycles. The van der Waals surface area contributed by atoms with Crippen LogP contribution in [0.2, 0.25) is 5.02 Å². The van der Waals surface area contributed by atoms with Crippen molar-refractivity contribution in [3.05, 3.63) is 64.2 Å². The lowest BCUT2D eigenvalue weighted by molar-refractivity contribution is -0.141. The Labute approximate surface area is 214 Å². The van der Waals surface area contributed by atoms with E-state index in [4.69, 9.17) is 11.6 Å². The fraction of sp³-hybridized carbons (Fsp3) is 0.462. The van der Waals surface area contributed by atoms with Crippen LogP contribution >= 0.6 is 11.6 Å². The Morgan fingerprint density at radius 2 is 1.69 bits per heavy atom. The van der Waals surface area contributed by atoms with E-state index in [1.165, 1.54) is 4.90 Å². The van der Waals surface area contributed by atoms with Crippen molar-refractivity contribution in [3.63, 3.8) is 0 Å². The molecule has 0 saturated heterocycles. The fourth-order valence-corrected chi connectivity index (χ4v) is 4.88. The number of carbonyl (C=O) groups is 2. The minimum atomic E-state index is -3.79. The first-order chi connectivity index (χ1) is 16.2. The zero-order chi connectivity index (χ0) is 26.6. The summed E-state index contributed by atoms with van der Waals surface area (Å²) in [6, 6.07) is 11.6. The quantitative estimate of drug-likeness (QED) is 0.528. The summed E-state index contributed by atoms with van der Waals surface area (Å²) in [5.41, 5.74) is 2.28. The van der Waals surface area contributed by atoms with E-state index in [9.17, 15) is 18.0 Å². The van der Waals surface area contributed by atoms with Gasteiger partial charge >= 0.3 is 0 Å². The molecule has 2 aromatic carbocycles. The van der Waals surface area contributed by atoms with Gasteiger partial charge in [-0.05, 0) is 69.9 Å². The van der Waals surface area contributed by atoms with Gasteiger partial charge in [-0.25, -0.2) is 8.42 Å². The highest BCUT2D eigenvalue weighted by molar-refractivity contribution is 7.92. The van der Waals surface area contributed by atoms with Gasteiger partial charge in [-0.3, -0.25) is 13.9 Å². The predicted octanol–water partition coefficient (Wildman–Crippen LogP) is 4.44. The maximum absolute atomic E-state index is 13.8. The molecule has 0 aromatic heterocycles. The summed E-state index contributed by atoms with van der Waals surface area (Å²) >= 11 is 6.37. The number of nitrogens with one attached hydrogen (secondary N) is 1. The van der Waals surface area contributed by atoms with Gasteiger partial charge in [0.1, 0.15) is 12.6 Å². The van der Waals surface area contributed by atoms with Gasteiger partial charge in [0.05, 0.1) is 11.9 Å². The molecule has 1 atom stereocenters. The van der Waals surface area contributed by atoms with E-state index in [0.717, 1.165) is 21.7 Å². The van der Waals surface area contributed by atoms with Crippen LogP contribution in [0, 0.1) is 13.8 Å². The third-order valence-electron chi connectivity index (χ3n) is 5.71. The Bertz CT molecular complexity index is 1180. The molecule has 35 heavy (non-hydrogen) atoms. The number of carbonyl (C=O) groups excluding carboxylic acids is 2. The summed E-state index contributed by atoms with van der Waals surface area (Å²) in [6.45, 7) is 10.7. The average Bonchev–Trinajstić information content (AvgIpc) is 2.73. The summed E-state index contributed by atoms with van der Waals surface area (Å²) in [7, 11) is -3.79. The molecule has 9 heteroatoms. The minimum absolute atomic E-state index is 0.0684. The van der Waals surface area contributed by atoms with Crippen LogP contribution in [-0.2, 0) is 26.2 Å². The topological polar surface area (TPSA) is 86.8 Å². The summed E-state index contributed by atoms with van der Waals surface area (Å²) in [6.07, 6.45) is 1.42. The molecule has 0 heterocycles. The number of sulfonamides is 1. The highest BCUT2D eigenvalue weighted by atomic mass is 35.5. The van der Waals surface area contributed by atoms with Crippen LogP contribution in [0.4, 0.5) is 5.69 Å². The van der Waals surface area contributed by atoms with Crippen molar-refractivity contribution in [2.24, 2.45) is 0 Å². The zero-order valence-corrected chi connectivity index (χ0v) is 23.1. The number of amides is 2. The summed E-state index contributed by atoms with van der Waals surface area (Å²) < 4.78 is 26.7. The summed E-state index contributed by atoms with van der Waals surface area (Å²) in [5.74, 6) is -0.801. The normalized spacial score (nSPS) is 12.7. The smallest absolute Gasteiger partial charge is 0.244 e. The molecule has 0 aliphatic rings. The van der Waals surface area contributed by atoms with Gasteiger partial charge < -0.3 is 10.2 Å². The maximum atomic E-state index is 13.8. The van der Waals surface area contributed by atoms with Crippen molar-refractivity contribution in [1.82, 2.24) is 10.2 Å². The van der Waals surface area contributed by atoms with Gasteiger partial charge in [-0.15, -0.1) is 0 Å². The first-order valence-corrected chi connectivity index (χ1v) is 13.8. The molecule has 0 spiro atoms. The second-order valence-electron chi connectivity index (χ2n) is 9.77. The largest absolute Gasteiger partial charge is 0.350 e. The van der Waals surface area contributed by atoms with Gasteiger partial charge in [0.25, 0.3) is 0 Å². The third-order valence-corrected chi connectivity index (χ3v) is 7.20. The molecule has 0 aliphatic carbocycles. The van der Waals surface area contributed by atoms with E-state index >= 15 is 0 Å². The summed E-state index contributed by atoms with van der Waals surface area (Å²) in [4.78, 5) is 28.4. The van der Waals surface area contributed by atoms with Crippen molar-refractivity contribution < 1.29 is 18.0 Å². The highest BCUT2D eigenvalue weighted by Crippen LogP contribution is 2.26. The molecule has 0 fully saturated rings. The van der Waals surface area contributed by atoms with Crippen LogP contribution in [0.1, 0.15) is 50.8 Å². The first-order valence-electron chi connectivity index (χ1n) is 11.5. The van der Waals surface area contributed by atoms with E-state index in [0.29, 0.717) is 22.7 Å². The molecule has 2 amide bonds. The standard InChI is InChI=1S/C26H36ClN3O4S/c1-8-22(25(32)28-26(4,5)6)29(16-20-13-9-10-14-21(20)27)24(31)17-30(35(7,33)34)23-15-11-12-18(2)19(23)3/h9-15,22H,8,16-17H2,1-7H3,(H,28,32)/t22-/m0/s1. The molecule has 0 bridgehead atoms. The number of hydrogen-bond donors (Lipinski definition) is 1. The minimum Gasteiger partial charge on any atom is -0.350 e. The Kier molecular flexibility index (Phi) is 9.36. The van der Waals surface area contributed by atoms with Crippen LogP contribution in [0.5, 0.6) is 0 Å². The SMILES string of the molecule is CC[C@@H](C(=O)NC(C)(C)C)N(Cc1ccccc1Cl)C(=O)CN(c1cccc(C)c1C)S(C)(=O)=O. The second-order valence-corrected chi connectivity index (χ2v) is 12.1. The maximum Gasteiger partial charge on any atom is 0.244 e. The Morgan fingerprint density at radius 1 is 1.06 bits per heavy atom. The molecule has 0 unspecified atom stereocenters.